The summed E-state index contributed by atoms with van der Waals surface area (Å²) in [7, 11) is 2.13. The van der Waals surface area contributed by atoms with Crippen LogP contribution in [-0.4, -0.2) is 27.6 Å². The summed E-state index contributed by atoms with van der Waals surface area (Å²) in [4.78, 5) is 6.74. The predicted octanol–water partition coefficient (Wildman–Crippen LogP) is 3.98. The third-order valence-corrected chi connectivity index (χ3v) is 4.26. The Bertz CT molecular complexity index is 587. The number of nitrogens with zero attached hydrogens (tertiary/aromatic N) is 2. The lowest BCUT2D eigenvalue weighted by atomic mass is 9.98. The van der Waals surface area contributed by atoms with Crippen molar-refractivity contribution in [1.29, 1.82) is 0 Å². The van der Waals surface area contributed by atoms with Crippen molar-refractivity contribution in [3.8, 4) is 0 Å². The molecule has 23 heavy (non-hydrogen) atoms. The number of aromatic nitrogens is 1. The van der Waals surface area contributed by atoms with E-state index < -0.39 is 5.60 Å². The van der Waals surface area contributed by atoms with Gasteiger partial charge < -0.3 is 5.11 Å². The van der Waals surface area contributed by atoms with Gasteiger partial charge in [-0.1, -0.05) is 30.3 Å². The molecule has 0 saturated heterocycles. The summed E-state index contributed by atoms with van der Waals surface area (Å²) in [6.45, 7) is 6.79. The fraction of sp³-hybridized carbons (Fsp3) is 0.450. The Morgan fingerprint density at radius 3 is 2.30 bits per heavy atom. The largest absolute Gasteiger partial charge is 0.390 e. The van der Waals surface area contributed by atoms with Gasteiger partial charge in [-0.3, -0.25) is 9.88 Å². The molecule has 0 bridgehead atoms. The van der Waals surface area contributed by atoms with Crippen molar-refractivity contribution in [3.05, 3.63) is 65.5 Å². The standard InChI is InChI=1S/C20H28N2O/c1-16(19-7-5-6-14-21-19)22(4)15-18-10-8-17(9-11-18)12-13-20(2,3)23/h5-11,14,16,23H,12-13,15H2,1-4H3/t16-/m1/s1. The highest BCUT2D eigenvalue weighted by Crippen LogP contribution is 2.19. The first-order valence-electron chi connectivity index (χ1n) is 8.26. The smallest absolute Gasteiger partial charge is 0.0594 e. The zero-order valence-electron chi connectivity index (χ0n) is 14.7. The van der Waals surface area contributed by atoms with E-state index >= 15 is 0 Å². The lowest BCUT2D eigenvalue weighted by Crippen LogP contribution is -2.22. The van der Waals surface area contributed by atoms with E-state index in [9.17, 15) is 5.11 Å². The minimum Gasteiger partial charge on any atom is -0.390 e. The lowest BCUT2D eigenvalue weighted by Gasteiger charge is -2.24. The number of pyridine rings is 1. The molecule has 124 valence electrons. The Morgan fingerprint density at radius 2 is 1.74 bits per heavy atom. The van der Waals surface area contributed by atoms with Crippen molar-refractivity contribution in [3.63, 3.8) is 0 Å². The Balaban J connectivity index is 1.92. The molecule has 1 atom stereocenters. The summed E-state index contributed by atoms with van der Waals surface area (Å²) in [5.41, 5.74) is 3.06. The Morgan fingerprint density at radius 1 is 1.09 bits per heavy atom. The van der Waals surface area contributed by atoms with Crippen LogP contribution in [0.1, 0.15) is 50.1 Å². The molecule has 0 unspecified atom stereocenters. The van der Waals surface area contributed by atoms with E-state index in [1.807, 2.05) is 32.2 Å². The molecule has 0 radical (unpaired) electrons. The quantitative estimate of drug-likeness (QED) is 0.840. The summed E-state index contributed by atoms with van der Waals surface area (Å²) in [6, 6.07) is 15.0. The minimum atomic E-state index is -0.600. The molecule has 1 aromatic carbocycles. The molecule has 0 spiro atoms. The molecule has 0 saturated carbocycles. The highest BCUT2D eigenvalue weighted by atomic mass is 16.3. The zero-order valence-corrected chi connectivity index (χ0v) is 14.7. The average molecular weight is 312 g/mol. The van der Waals surface area contributed by atoms with Crippen molar-refractivity contribution in [1.82, 2.24) is 9.88 Å². The number of rotatable bonds is 7. The van der Waals surface area contributed by atoms with Gasteiger partial charge in [0.2, 0.25) is 0 Å². The summed E-state index contributed by atoms with van der Waals surface area (Å²) in [5.74, 6) is 0. The van der Waals surface area contributed by atoms with Gasteiger partial charge in [-0.2, -0.15) is 0 Å². The molecule has 3 heteroatoms. The van der Waals surface area contributed by atoms with Crippen LogP contribution in [-0.2, 0) is 13.0 Å². The first-order chi connectivity index (χ1) is 10.8. The van der Waals surface area contributed by atoms with Gasteiger partial charge in [-0.15, -0.1) is 0 Å². The highest BCUT2D eigenvalue weighted by Gasteiger charge is 2.14. The van der Waals surface area contributed by atoms with Crippen molar-refractivity contribution in [2.75, 3.05) is 7.05 Å². The zero-order chi connectivity index (χ0) is 16.9. The van der Waals surface area contributed by atoms with Gasteiger partial charge >= 0.3 is 0 Å². The molecule has 0 amide bonds. The maximum atomic E-state index is 9.81. The third-order valence-electron chi connectivity index (χ3n) is 4.26. The normalized spacial score (nSPS) is 13.3. The van der Waals surface area contributed by atoms with Crippen molar-refractivity contribution < 1.29 is 5.11 Å². The van der Waals surface area contributed by atoms with Gasteiger partial charge in [0, 0.05) is 18.8 Å². The van der Waals surface area contributed by atoms with Crippen LogP contribution in [0.2, 0.25) is 0 Å². The lowest BCUT2D eigenvalue weighted by molar-refractivity contribution is 0.0714. The van der Waals surface area contributed by atoms with Crippen LogP contribution in [0.3, 0.4) is 0 Å². The first-order valence-corrected chi connectivity index (χ1v) is 8.26. The second-order valence-electron chi connectivity index (χ2n) is 6.97. The topological polar surface area (TPSA) is 36.4 Å². The summed E-state index contributed by atoms with van der Waals surface area (Å²) < 4.78 is 0. The SMILES string of the molecule is C[C@H](c1ccccn1)N(C)Cc1ccc(CCC(C)(C)O)cc1. The summed E-state index contributed by atoms with van der Waals surface area (Å²) >= 11 is 0. The van der Waals surface area contributed by atoms with Crippen LogP contribution < -0.4 is 0 Å². The number of aryl methyl sites for hydroxylation is 1. The highest BCUT2D eigenvalue weighted by molar-refractivity contribution is 5.23. The van der Waals surface area contributed by atoms with Crippen LogP contribution in [0.4, 0.5) is 0 Å². The van der Waals surface area contributed by atoms with E-state index in [-0.39, 0.29) is 6.04 Å². The number of benzene rings is 1. The monoisotopic (exact) mass is 312 g/mol. The van der Waals surface area contributed by atoms with E-state index in [2.05, 4.69) is 54.2 Å². The van der Waals surface area contributed by atoms with E-state index in [0.29, 0.717) is 0 Å². The second-order valence-corrected chi connectivity index (χ2v) is 6.97. The molecule has 0 aliphatic rings. The van der Waals surface area contributed by atoms with Crippen molar-refractivity contribution in [2.24, 2.45) is 0 Å². The molecule has 1 aromatic heterocycles. The minimum absolute atomic E-state index is 0.283. The molecule has 0 fully saturated rings. The molecule has 2 aromatic rings. The average Bonchev–Trinajstić information content (AvgIpc) is 2.53. The van der Waals surface area contributed by atoms with Crippen LogP contribution in [0.15, 0.2) is 48.7 Å². The fourth-order valence-corrected chi connectivity index (χ4v) is 2.54. The van der Waals surface area contributed by atoms with Crippen LogP contribution in [0.5, 0.6) is 0 Å². The van der Waals surface area contributed by atoms with Gasteiger partial charge in [-0.05, 0) is 63.9 Å². The molecule has 1 heterocycles. The third kappa shape index (κ3) is 5.77. The van der Waals surface area contributed by atoms with E-state index in [0.717, 1.165) is 25.1 Å². The molecule has 3 nitrogen and oxygen atoms in total. The van der Waals surface area contributed by atoms with Crippen LogP contribution >= 0.6 is 0 Å². The first kappa shape index (κ1) is 17.6. The van der Waals surface area contributed by atoms with E-state index in [1.165, 1.54) is 11.1 Å². The molecular formula is C20H28N2O. The molecule has 0 aliphatic heterocycles. The van der Waals surface area contributed by atoms with E-state index in [4.69, 9.17) is 0 Å². The molecule has 1 N–H and O–H groups in total. The maximum absolute atomic E-state index is 9.81. The van der Waals surface area contributed by atoms with Gasteiger partial charge in [0.25, 0.3) is 0 Å². The number of aliphatic hydroxyl groups is 1. The Labute approximate surface area is 140 Å². The van der Waals surface area contributed by atoms with Crippen LogP contribution in [0, 0.1) is 0 Å². The van der Waals surface area contributed by atoms with Crippen molar-refractivity contribution in [2.45, 2.75) is 51.8 Å². The number of hydrogen-bond donors (Lipinski definition) is 1. The summed E-state index contributed by atoms with van der Waals surface area (Å²) in [6.07, 6.45) is 3.53. The maximum Gasteiger partial charge on any atom is 0.0594 e. The van der Waals surface area contributed by atoms with Crippen molar-refractivity contribution >= 4 is 0 Å². The molecule has 0 aliphatic carbocycles. The van der Waals surface area contributed by atoms with E-state index in [1.54, 1.807) is 0 Å². The predicted molar refractivity (Wildman–Crippen MR) is 95.2 cm³/mol. The fourth-order valence-electron chi connectivity index (χ4n) is 2.54. The van der Waals surface area contributed by atoms with Gasteiger partial charge in [0.15, 0.2) is 0 Å². The Kier molecular flexibility index (Phi) is 5.91. The molecule has 2 rings (SSSR count). The van der Waals surface area contributed by atoms with Gasteiger partial charge in [0.1, 0.15) is 0 Å². The van der Waals surface area contributed by atoms with Gasteiger partial charge in [0.05, 0.1) is 11.3 Å². The molecular weight excluding hydrogens is 284 g/mol. The van der Waals surface area contributed by atoms with Gasteiger partial charge in [-0.25, -0.2) is 0 Å². The summed E-state index contributed by atoms with van der Waals surface area (Å²) in [5, 5.41) is 9.81. The second kappa shape index (κ2) is 7.71. The van der Waals surface area contributed by atoms with Crippen LogP contribution in [0.25, 0.3) is 0 Å². The Hall–Kier alpha value is -1.71. The number of hydrogen-bond acceptors (Lipinski definition) is 3.